The third-order valence-electron chi connectivity index (χ3n) is 3.09. The van der Waals surface area contributed by atoms with Crippen LogP contribution in [0.25, 0.3) is 0 Å². The van der Waals surface area contributed by atoms with E-state index in [-0.39, 0.29) is 12.6 Å². The van der Waals surface area contributed by atoms with E-state index in [0.29, 0.717) is 0 Å². The monoisotopic (exact) mass is 257 g/mol. The Morgan fingerprint density at radius 3 is 2.00 bits per heavy atom. The lowest BCUT2D eigenvalue weighted by molar-refractivity contribution is 0.281. The predicted octanol–water partition coefficient (Wildman–Crippen LogP) is 3.38. The van der Waals surface area contributed by atoms with E-state index >= 15 is 0 Å². The van der Waals surface area contributed by atoms with Gasteiger partial charge in [-0.15, -0.1) is 0 Å². The molecule has 3 nitrogen and oxygen atoms in total. The van der Waals surface area contributed by atoms with Crippen LogP contribution in [0, 0.1) is 0 Å². The van der Waals surface area contributed by atoms with Crippen molar-refractivity contribution in [1.29, 1.82) is 0 Å². The van der Waals surface area contributed by atoms with Crippen molar-refractivity contribution in [3.8, 4) is 11.5 Å². The van der Waals surface area contributed by atoms with E-state index in [0.717, 1.165) is 29.0 Å². The Labute approximate surface area is 113 Å². The number of aliphatic hydroxyl groups is 1. The van der Waals surface area contributed by atoms with Crippen LogP contribution >= 0.6 is 0 Å². The molecule has 0 spiro atoms. The Balaban J connectivity index is 2.06. The van der Waals surface area contributed by atoms with E-state index in [4.69, 9.17) is 15.6 Å². The average molecular weight is 257 g/mol. The molecule has 0 aliphatic rings. The summed E-state index contributed by atoms with van der Waals surface area (Å²) < 4.78 is 5.72. The van der Waals surface area contributed by atoms with Crippen molar-refractivity contribution >= 4 is 0 Å². The summed E-state index contributed by atoms with van der Waals surface area (Å²) in [6.45, 7) is 2.11. The highest BCUT2D eigenvalue weighted by atomic mass is 16.5. The van der Waals surface area contributed by atoms with Crippen LogP contribution in [0.1, 0.15) is 30.5 Å². The van der Waals surface area contributed by atoms with Crippen molar-refractivity contribution < 1.29 is 9.84 Å². The zero-order chi connectivity index (χ0) is 13.7. The minimum absolute atomic E-state index is 0.0455. The van der Waals surface area contributed by atoms with Crippen molar-refractivity contribution in [3.63, 3.8) is 0 Å². The van der Waals surface area contributed by atoms with E-state index in [1.54, 1.807) is 0 Å². The van der Waals surface area contributed by atoms with Gasteiger partial charge in [0.15, 0.2) is 0 Å². The molecule has 2 aromatic rings. The number of benzene rings is 2. The largest absolute Gasteiger partial charge is 0.457 e. The first-order valence-corrected chi connectivity index (χ1v) is 6.46. The molecule has 0 amide bonds. The van der Waals surface area contributed by atoms with Crippen molar-refractivity contribution in [2.45, 2.75) is 26.0 Å². The van der Waals surface area contributed by atoms with Crippen molar-refractivity contribution in [3.05, 3.63) is 59.7 Å². The quantitative estimate of drug-likeness (QED) is 0.863. The minimum atomic E-state index is 0.0455. The second-order valence-electron chi connectivity index (χ2n) is 4.49. The van der Waals surface area contributed by atoms with Gasteiger partial charge in [-0.1, -0.05) is 31.2 Å². The first kappa shape index (κ1) is 13.6. The van der Waals surface area contributed by atoms with Gasteiger partial charge in [-0.3, -0.25) is 0 Å². The van der Waals surface area contributed by atoms with Crippen LogP contribution in [0.15, 0.2) is 48.5 Å². The maximum atomic E-state index is 8.97. The summed E-state index contributed by atoms with van der Waals surface area (Å²) in [5, 5.41) is 8.97. The van der Waals surface area contributed by atoms with Crippen molar-refractivity contribution in [1.82, 2.24) is 0 Å². The Morgan fingerprint density at radius 2 is 1.53 bits per heavy atom. The lowest BCUT2D eigenvalue weighted by Crippen LogP contribution is -2.07. The fourth-order valence-corrected chi connectivity index (χ4v) is 1.82. The molecule has 2 aromatic carbocycles. The van der Waals surface area contributed by atoms with E-state index in [2.05, 4.69) is 6.92 Å². The Hall–Kier alpha value is -1.84. The summed E-state index contributed by atoms with van der Waals surface area (Å²) in [5.74, 6) is 1.54. The molecule has 0 saturated heterocycles. The zero-order valence-corrected chi connectivity index (χ0v) is 11.0. The molecule has 0 heterocycles. The van der Waals surface area contributed by atoms with Crippen molar-refractivity contribution in [2.75, 3.05) is 0 Å². The van der Waals surface area contributed by atoms with Gasteiger partial charge in [-0.05, 0) is 41.8 Å². The molecule has 3 N–H and O–H groups in total. The fraction of sp³-hybridized carbons (Fsp3) is 0.250. The van der Waals surface area contributed by atoms with Crippen molar-refractivity contribution in [2.24, 2.45) is 5.73 Å². The summed E-state index contributed by atoms with van der Waals surface area (Å²) in [6, 6.07) is 15.3. The van der Waals surface area contributed by atoms with Gasteiger partial charge in [0.25, 0.3) is 0 Å². The molecule has 0 aliphatic carbocycles. The Morgan fingerprint density at radius 1 is 1.00 bits per heavy atom. The molecule has 19 heavy (non-hydrogen) atoms. The summed E-state index contributed by atoms with van der Waals surface area (Å²) in [7, 11) is 0. The van der Waals surface area contributed by atoms with Gasteiger partial charge in [0.2, 0.25) is 0 Å². The van der Waals surface area contributed by atoms with Gasteiger partial charge >= 0.3 is 0 Å². The van der Waals surface area contributed by atoms with E-state index < -0.39 is 0 Å². The molecule has 0 bridgehead atoms. The summed E-state index contributed by atoms with van der Waals surface area (Å²) in [5.41, 5.74) is 7.95. The molecular weight excluding hydrogens is 238 g/mol. The Bertz CT molecular complexity index is 505. The van der Waals surface area contributed by atoms with Gasteiger partial charge in [0.05, 0.1) is 6.61 Å². The SMILES string of the molecule is CC[C@H](N)c1ccc(Oc2ccc(CO)cc2)cc1. The van der Waals surface area contributed by atoms with Crippen LogP contribution in [0.2, 0.25) is 0 Å². The predicted molar refractivity (Wildman–Crippen MR) is 76.1 cm³/mol. The highest BCUT2D eigenvalue weighted by molar-refractivity contribution is 5.35. The van der Waals surface area contributed by atoms with Gasteiger partial charge in [0.1, 0.15) is 11.5 Å². The molecule has 0 radical (unpaired) electrons. The highest BCUT2D eigenvalue weighted by Gasteiger charge is 2.03. The summed E-state index contributed by atoms with van der Waals surface area (Å²) in [6.07, 6.45) is 0.919. The maximum Gasteiger partial charge on any atom is 0.127 e. The highest BCUT2D eigenvalue weighted by Crippen LogP contribution is 2.24. The maximum absolute atomic E-state index is 8.97. The van der Waals surface area contributed by atoms with E-state index in [9.17, 15) is 0 Å². The van der Waals surface area contributed by atoms with Gasteiger partial charge in [0, 0.05) is 6.04 Å². The number of aliphatic hydroxyl groups excluding tert-OH is 1. The third-order valence-corrected chi connectivity index (χ3v) is 3.09. The second-order valence-corrected chi connectivity index (χ2v) is 4.49. The second kappa shape index (κ2) is 6.36. The standard InChI is InChI=1S/C16H19NO2/c1-2-16(17)13-5-9-15(10-6-13)19-14-7-3-12(11-18)4-8-14/h3-10,16,18H,2,11,17H2,1H3/t16-/m0/s1. The zero-order valence-electron chi connectivity index (χ0n) is 11.0. The number of nitrogens with two attached hydrogens (primary N) is 1. The van der Waals surface area contributed by atoms with Gasteiger partial charge < -0.3 is 15.6 Å². The first-order valence-electron chi connectivity index (χ1n) is 6.46. The summed E-state index contributed by atoms with van der Waals surface area (Å²) >= 11 is 0. The third kappa shape index (κ3) is 3.56. The minimum Gasteiger partial charge on any atom is -0.457 e. The first-order chi connectivity index (χ1) is 9.22. The lowest BCUT2D eigenvalue weighted by Gasteiger charge is -2.10. The van der Waals surface area contributed by atoms with Crippen LogP contribution < -0.4 is 10.5 Å². The Kier molecular flexibility index (Phi) is 4.55. The molecular formula is C16H19NO2. The average Bonchev–Trinajstić information content (AvgIpc) is 2.48. The molecule has 1 atom stereocenters. The van der Waals surface area contributed by atoms with Crippen LogP contribution in [0.4, 0.5) is 0 Å². The van der Waals surface area contributed by atoms with E-state index in [1.807, 2.05) is 48.5 Å². The van der Waals surface area contributed by atoms with Crippen LogP contribution in [0.5, 0.6) is 11.5 Å². The lowest BCUT2D eigenvalue weighted by atomic mass is 10.1. The molecule has 3 heteroatoms. The number of rotatable bonds is 5. The normalized spacial score (nSPS) is 12.2. The molecule has 0 aromatic heterocycles. The van der Waals surface area contributed by atoms with Crippen LogP contribution in [-0.2, 0) is 6.61 Å². The molecule has 100 valence electrons. The molecule has 0 saturated carbocycles. The molecule has 0 unspecified atom stereocenters. The number of hydrogen-bond acceptors (Lipinski definition) is 3. The molecule has 0 aliphatic heterocycles. The van der Waals surface area contributed by atoms with Crippen LogP contribution in [-0.4, -0.2) is 5.11 Å². The van der Waals surface area contributed by atoms with Gasteiger partial charge in [-0.2, -0.15) is 0 Å². The fourth-order valence-electron chi connectivity index (χ4n) is 1.82. The smallest absolute Gasteiger partial charge is 0.127 e. The van der Waals surface area contributed by atoms with Crippen LogP contribution in [0.3, 0.4) is 0 Å². The van der Waals surface area contributed by atoms with Gasteiger partial charge in [-0.25, -0.2) is 0 Å². The molecule has 0 fully saturated rings. The summed E-state index contributed by atoms with van der Waals surface area (Å²) in [4.78, 5) is 0. The van der Waals surface area contributed by atoms with E-state index in [1.165, 1.54) is 0 Å². The number of hydrogen-bond donors (Lipinski definition) is 2. The number of ether oxygens (including phenoxy) is 1. The molecule has 2 rings (SSSR count). The topological polar surface area (TPSA) is 55.5 Å².